The van der Waals surface area contributed by atoms with Gasteiger partial charge in [-0.05, 0) is 66.3 Å². The molecule has 0 aliphatic carbocycles. The molecule has 0 aromatic heterocycles. The molecule has 0 radical (unpaired) electrons. The van der Waals surface area contributed by atoms with Gasteiger partial charge in [0.15, 0.2) is 11.5 Å². The number of nitrogens with one attached hydrogen (secondary N) is 1. The molecule has 0 unspecified atom stereocenters. The molecular formula is C28H31N2O3+. The monoisotopic (exact) mass is 443 g/mol. The first-order chi connectivity index (χ1) is 16.1. The molecule has 3 aromatic rings. The summed E-state index contributed by atoms with van der Waals surface area (Å²) in [5, 5.41) is 3.02. The molecule has 2 heterocycles. The highest BCUT2D eigenvalue weighted by Crippen LogP contribution is 2.32. The van der Waals surface area contributed by atoms with Gasteiger partial charge < -0.3 is 19.3 Å². The van der Waals surface area contributed by atoms with E-state index < -0.39 is 0 Å². The summed E-state index contributed by atoms with van der Waals surface area (Å²) in [5.41, 5.74) is 5.42. The summed E-state index contributed by atoms with van der Waals surface area (Å²) in [6, 6.07) is 22.6. The van der Waals surface area contributed by atoms with Gasteiger partial charge in [0.05, 0.1) is 20.1 Å². The van der Waals surface area contributed by atoms with E-state index in [1.54, 1.807) is 18.2 Å². The van der Waals surface area contributed by atoms with Crippen LogP contribution in [0.1, 0.15) is 40.7 Å². The average molecular weight is 444 g/mol. The Morgan fingerprint density at radius 2 is 1.55 bits per heavy atom. The van der Waals surface area contributed by atoms with Crippen molar-refractivity contribution in [2.45, 2.75) is 32.4 Å². The largest absolute Gasteiger partial charge is 0.454 e. The maximum atomic E-state index is 12.6. The van der Waals surface area contributed by atoms with Crippen molar-refractivity contribution in [3.05, 3.63) is 83.4 Å². The second kappa shape index (κ2) is 9.28. The molecule has 0 spiro atoms. The van der Waals surface area contributed by atoms with Crippen LogP contribution in [0.25, 0.3) is 11.1 Å². The molecule has 0 bridgehead atoms. The molecule has 5 rings (SSSR count). The number of rotatable bonds is 6. The normalized spacial score (nSPS) is 16.4. The molecule has 33 heavy (non-hydrogen) atoms. The third-order valence-electron chi connectivity index (χ3n) is 6.74. The van der Waals surface area contributed by atoms with E-state index in [0.29, 0.717) is 23.6 Å². The lowest BCUT2D eigenvalue weighted by atomic mass is 10.00. The molecular weight excluding hydrogens is 412 g/mol. The van der Waals surface area contributed by atoms with Crippen molar-refractivity contribution in [3.63, 3.8) is 0 Å². The molecule has 1 fully saturated rings. The van der Waals surface area contributed by atoms with Gasteiger partial charge >= 0.3 is 0 Å². The highest BCUT2D eigenvalue weighted by atomic mass is 16.7. The van der Waals surface area contributed by atoms with Crippen molar-refractivity contribution < 1.29 is 18.8 Å². The fraction of sp³-hybridized carbons (Fsp3) is 0.321. The third kappa shape index (κ3) is 5.04. The minimum atomic E-state index is -0.126. The van der Waals surface area contributed by atoms with Gasteiger partial charge in [-0.1, -0.05) is 36.4 Å². The number of piperidine rings is 1. The van der Waals surface area contributed by atoms with Crippen molar-refractivity contribution in [1.82, 2.24) is 5.32 Å². The van der Waals surface area contributed by atoms with Crippen LogP contribution in [0.4, 0.5) is 0 Å². The number of fused-ring (bicyclic) bond motifs is 1. The SMILES string of the molecule is C[N+]1(Cc2cccc(-c3cccc(CNC(=O)c4ccc5c(c4)OCO5)c3)c2)CCCCC1. The van der Waals surface area contributed by atoms with E-state index in [0.717, 1.165) is 16.6 Å². The Kier molecular flexibility index (Phi) is 6.05. The van der Waals surface area contributed by atoms with Crippen molar-refractivity contribution in [1.29, 1.82) is 0 Å². The van der Waals surface area contributed by atoms with E-state index in [-0.39, 0.29) is 12.7 Å². The van der Waals surface area contributed by atoms with E-state index in [9.17, 15) is 4.79 Å². The summed E-state index contributed by atoms with van der Waals surface area (Å²) < 4.78 is 11.8. The Labute approximate surface area is 195 Å². The summed E-state index contributed by atoms with van der Waals surface area (Å²) in [6.07, 6.45) is 4.03. The topological polar surface area (TPSA) is 47.6 Å². The molecule has 5 heteroatoms. The van der Waals surface area contributed by atoms with E-state index >= 15 is 0 Å². The predicted octanol–water partition coefficient (Wildman–Crippen LogP) is 5.14. The number of carbonyl (C=O) groups excluding carboxylic acids is 1. The van der Waals surface area contributed by atoms with Gasteiger partial charge in [-0.25, -0.2) is 0 Å². The highest BCUT2D eigenvalue weighted by molar-refractivity contribution is 5.94. The second-order valence-corrected chi connectivity index (χ2v) is 9.44. The number of ether oxygens (including phenoxy) is 2. The molecule has 1 N–H and O–H groups in total. The van der Waals surface area contributed by atoms with Crippen molar-refractivity contribution in [3.8, 4) is 22.6 Å². The van der Waals surface area contributed by atoms with Gasteiger partial charge in [0.1, 0.15) is 6.54 Å². The minimum Gasteiger partial charge on any atom is -0.454 e. The quantitative estimate of drug-likeness (QED) is 0.537. The highest BCUT2D eigenvalue weighted by Gasteiger charge is 2.25. The first kappa shape index (κ1) is 21.5. The fourth-order valence-corrected chi connectivity index (χ4v) is 4.91. The molecule has 0 atom stereocenters. The standard InChI is InChI=1S/C28H30N2O3/c1-30(13-3-2-4-14-30)19-22-8-6-10-24(16-22)23-9-5-7-21(15-23)18-29-28(31)25-11-12-26-27(17-25)33-20-32-26/h5-12,15-17H,2-4,13-14,18-20H2,1H3/p+1. The zero-order valence-electron chi connectivity index (χ0n) is 19.2. The lowest BCUT2D eigenvalue weighted by molar-refractivity contribution is -0.926. The first-order valence-corrected chi connectivity index (χ1v) is 11.8. The Balaban J connectivity index is 1.26. The number of likely N-dealkylation sites (tertiary alicyclic amines) is 1. The third-order valence-corrected chi connectivity index (χ3v) is 6.74. The van der Waals surface area contributed by atoms with Crippen LogP contribution in [-0.4, -0.2) is 37.3 Å². The maximum absolute atomic E-state index is 12.6. The maximum Gasteiger partial charge on any atom is 0.251 e. The van der Waals surface area contributed by atoms with Crippen LogP contribution >= 0.6 is 0 Å². The van der Waals surface area contributed by atoms with Gasteiger partial charge in [-0.3, -0.25) is 4.79 Å². The Morgan fingerprint density at radius 3 is 2.33 bits per heavy atom. The predicted molar refractivity (Wildman–Crippen MR) is 129 cm³/mol. The fourth-order valence-electron chi connectivity index (χ4n) is 4.91. The smallest absolute Gasteiger partial charge is 0.251 e. The molecule has 2 aliphatic rings. The number of hydrogen-bond acceptors (Lipinski definition) is 3. The number of benzene rings is 3. The van der Waals surface area contributed by atoms with Crippen LogP contribution < -0.4 is 14.8 Å². The Bertz CT molecular complexity index is 1150. The van der Waals surface area contributed by atoms with Crippen molar-refractivity contribution in [2.75, 3.05) is 26.9 Å². The van der Waals surface area contributed by atoms with Crippen molar-refractivity contribution >= 4 is 5.91 Å². The lowest BCUT2D eigenvalue weighted by Gasteiger charge is -2.38. The van der Waals surface area contributed by atoms with E-state index in [1.165, 1.54) is 49.0 Å². The number of carbonyl (C=O) groups is 1. The summed E-state index contributed by atoms with van der Waals surface area (Å²) in [6.45, 7) is 4.28. The number of quaternary nitrogens is 1. The van der Waals surface area contributed by atoms with E-state index in [2.05, 4.69) is 54.8 Å². The zero-order chi connectivity index (χ0) is 22.7. The van der Waals surface area contributed by atoms with Crippen molar-refractivity contribution in [2.24, 2.45) is 0 Å². The van der Waals surface area contributed by atoms with Crippen LogP contribution in [0.2, 0.25) is 0 Å². The van der Waals surface area contributed by atoms with Gasteiger partial charge in [0.25, 0.3) is 5.91 Å². The zero-order valence-corrected chi connectivity index (χ0v) is 19.2. The summed E-state index contributed by atoms with van der Waals surface area (Å²) in [5.74, 6) is 1.17. The molecule has 170 valence electrons. The van der Waals surface area contributed by atoms with E-state index in [4.69, 9.17) is 9.47 Å². The average Bonchev–Trinajstić information content (AvgIpc) is 3.31. The molecule has 1 saturated heterocycles. The molecule has 0 saturated carbocycles. The molecule has 1 amide bonds. The number of hydrogen-bond donors (Lipinski definition) is 1. The van der Waals surface area contributed by atoms with Crippen LogP contribution in [0.15, 0.2) is 66.7 Å². The first-order valence-electron chi connectivity index (χ1n) is 11.8. The van der Waals surface area contributed by atoms with Gasteiger partial charge in [0, 0.05) is 17.7 Å². The summed E-state index contributed by atoms with van der Waals surface area (Å²) in [7, 11) is 2.38. The Morgan fingerprint density at radius 1 is 0.848 bits per heavy atom. The minimum absolute atomic E-state index is 0.126. The summed E-state index contributed by atoms with van der Waals surface area (Å²) >= 11 is 0. The van der Waals surface area contributed by atoms with Crippen LogP contribution in [0.3, 0.4) is 0 Å². The van der Waals surface area contributed by atoms with Crippen LogP contribution in [0, 0.1) is 0 Å². The Hall–Kier alpha value is -3.31. The summed E-state index contributed by atoms with van der Waals surface area (Å²) in [4.78, 5) is 12.6. The number of nitrogens with zero attached hydrogens (tertiary/aromatic N) is 1. The van der Waals surface area contributed by atoms with Gasteiger partial charge in [-0.15, -0.1) is 0 Å². The van der Waals surface area contributed by atoms with Crippen LogP contribution in [-0.2, 0) is 13.1 Å². The molecule has 3 aromatic carbocycles. The van der Waals surface area contributed by atoms with Gasteiger partial charge in [0.2, 0.25) is 6.79 Å². The van der Waals surface area contributed by atoms with Crippen LogP contribution in [0.5, 0.6) is 11.5 Å². The second-order valence-electron chi connectivity index (χ2n) is 9.44. The van der Waals surface area contributed by atoms with Gasteiger partial charge in [-0.2, -0.15) is 0 Å². The number of amides is 1. The molecule has 5 nitrogen and oxygen atoms in total. The van der Waals surface area contributed by atoms with E-state index in [1.807, 2.05) is 6.07 Å². The molecule has 2 aliphatic heterocycles. The lowest BCUT2D eigenvalue weighted by Crippen LogP contribution is -2.46.